The summed E-state index contributed by atoms with van der Waals surface area (Å²) in [6, 6.07) is 2.08. The Bertz CT molecular complexity index is 654. The summed E-state index contributed by atoms with van der Waals surface area (Å²) in [4.78, 5) is 2.06. The van der Waals surface area contributed by atoms with Gasteiger partial charge in [-0.05, 0) is 13.0 Å². The Hall–Kier alpha value is -1.95. The van der Waals surface area contributed by atoms with Crippen molar-refractivity contribution in [1.29, 1.82) is 0 Å². The highest BCUT2D eigenvalue weighted by molar-refractivity contribution is 7.21. The fourth-order valence-corrected chi connectivity index (χ4v) is 2.68. The van der Waals surface area contributed by atoms with Crippen molar-refractivity contribution in [2.75, 3.05) is 5.73 Å². The van der Waals surface area contributed by atoms with E-state index in [0.717, 1.165) is 26.4 Å². The standard InChI is InChI=1S/C10H9N5S/c1-5-6-2-9(16-10(6)15-14-5)7-3-12-13-4-8(7)11/h2-4H,1H3,(H2,11,12)(H,14,15). The average Bonchev–Trinajstić information content (AvgIpc) is 2.82. The highest BCUT2D eigenvalue weighted by Gasteiger charge is 2.10. The SMILES string of the molecule is Cc1[nH]nc2sc(-c3cnncc3N)cc12. The molecule has 0 aromatic carbocycles. The summed E-state index contributed by atoms with van der Waals surface area (Å²) in [6.45, 7) is 2.00. The maximum absolute atomic E-state index is 5.86. The number of fused-ring (bicyclic) bond motifs is 1. The third-order valence-electron chi connectivity index (χ3n) is 2.47. The van der Waals surface area contributed by atoms with Crippen molar-refractivity contribution in [2.24, 2.45) is 0 Å². The molecule has 0 radical (unpaired) electrons. The molecule has 3 aromatic rings. The summed E-state index contributed by atoms with van der Waals surface area (Å²) in [5.41, 5.74) is 8.48. The van der Waals surface area contributed by atoms with Gasteiger partial charge in [0.25, 0.3) is 0 Å². The van der Waals surface area contributed by atoms with E-state index in [0.29, 0.717) is 5.69 Å². The summed E-state index contributed by atoms with van der Waals surface area (Å²) in [6.07, 6.45) is 3.24. The van der Waals surface area contributed by atoms with E-state index in [4.69, 9.17) is 5.73 Å². The molecule has 0 atom stereocenters. The minimum Gasteiger partial charge on any atom is -0.397 e. The molecule has 3 heterocycles. The first-order valence-corrected chi connectivity index (χ1v) is 5.58. The van der Waals surface area contributed by atoms with E-state index < -0.39 is 0 Å². The minimum absolute atomic E-state index is 0.639. The van der Waals surface area contributed by atoms with Crippen LogP contribution < -0.4 is 5.73 Å². The molecule has 3 aromatic heterocycles. The number of aromatic amines is 1. The lowest BCUT2D eigenvalue weighted by Crippen LogP contribution is -1.91. The van der Waals surface area contributed by atoms with Crippen molar-refractivity contribution >= 4 is 27.2 Å². The molecule has 0 bridgehead atoms. The number of rotatable bonds is 1. The molecule has 0 amide bonds. The van der Waals surface area contributed by atoms with Gasteiger partial charge in [-0.15, -0.1) is 11.3 Å². The second kappa shape index (κ2) is 3.28. The van der Waals surface area contributed by atoms with Crippen molar-refractivity contribution in [2.45, 2.75) is 6.92 Å². The van der Waals surface area contributed by atoms with E-state index in [1.54, 1.807) is 23.7 Å². The van der Waals surface area contributed by atoms with Crippen LogP contribution in [0.15, 0.2) is 18.5 Å². The van der Waals surface area contributed by atoms with E-state index >= 15 is 0 Å². The maximum atomic E-state index is 5.86. The van der Waals surface area contributed by atoms with Gasteiger partial charge in [0.15, 0.2) is 0 Å². The molecule has 0 spiro atoms. The fourth-order valence-electron chi connectivity index (χ4n) is 1.60. The molecule has 0 aliphatic carbocycles. The molecule has 80 valence electrons. The van der Waals surface area contributed by atoms with Crippen LogP contribution in [0.2, 0.25) is 0 Å². The number of nitrogen functional groups attached to an aromatic ring is 1. The molecule has 0 saturated carbocycles. The third-order valence-corrected chi connectivity index (χ3v) is 3.53. The second-order valence-corrected chi connectivity index (χ2v) is 4.57. The monoisotopic (exact) mass is 231 g/mol. The highest BCUT2D eigenvalue weighted by atomic mass is 32.1. The molecule has 0 aliphatic heterocycles. The van der Waals surface area contributed by atoms with Crippen LogP contribution in [0.25, 0.3) is 20.7 Å². The van der Waals surface area contributed by atoms with Crippen molar-refractivity contribution in [3.8, 4) is 10.4 Å². The molecule has 0 unspecified atom stereocenters. The van der Waals surface area contributed by atoms with Crippen molar-refractivity contribution in [1.82, 2.24) is 20.4 Å². The average molecular weight is 231 g/mol. The first-order chi connectivity index (χ1) is 7.75. The van der Waals surface area contributed by atoms with Crippen LogP contribution in [0.3, 0.4) is 0 Å². The third kappa shape index (κ3) is 1.27. The molecule has 3 rings (SSSR count). The van der Waals surface area contributed by atoms with Crippen molar-refractivity contribution in [3.63, 3.8) is 0 Å². The van der Waals surface area contributed by atoms with Crippen LogP contribution in [0, 0.1) is 6.92 Å². The summed E-state index contributed by atoms with van der Waals surface area (Å²) in [7, 11) is 0. The Labute approximate surface area is 95.3 Å². The number of hydrogen-bond donors (Lipinski definition) is 2. The Balaban J connectivity index is 2.23. The van der Waals surface area contributed by atoms with Crippen LogP contribution in [-0.2, 0) is 0 Å². The van der Waals surface area contributed by atoms with E-state index in [1.165, 1.54) is 0 Å². The molecule has 6 heteroatoms. The zero-order valence-electron chi connectivity index (χ0n) is 8.56. The van der Waals surface area contributed by atoms with Gasteiger partial charge in [-0.3, -0.25) is 5.10 Å². The fraction of sp³-hybridized carbons (Fsp3) is 0.100. The molecule has 0 aliphatic rings. The van der Waals surface area contributed by atoms with E-state index in [9.17, 15) is 0 Å². The van der Waals surface area contributed by atoms with Gasteiger partial charge < -0.3 is 5.73 Å². The Morgan fingerprint density at radius 3 is 2.88 bits per heavy atom. The summed E-state index contributed by atoms with van der Waals surface area (Å²) >= 11 is 1.60. The lowest BCUT2D eigenvalue weighted by molar-refractivity contribution is 1.04. The summed E-state index contributed by atoms with van der Waals surface area (Å²) in [5.74, 6) is 0. The normalized spacial score (nSPS) is 11.1. The number of nitrogens with one attached hydrogen (secondary N) is 1. The zero-order valence-corrected chi connectivity index (χ0v) is 9.38. The molecule has 3 N–H and O–H groups in total. The minimum atomic E-state index is 0.639. The number of hydrogen-bond acceptors (Lipinski definition) is 5. The van der Waals surface area contributed by atoms with Gasteiger partial charge in [0.2, 0.25) is 0 Å². The van der Waals surface area contributed by atoms with Gasteiger partial charge in [-0.25, -0.2) is 0 Å². The number of anilines is 1. The van der Waals surface area contributed by atoms with Gasteiger partial charge in [0.1, 0.15) is 4.83 Å². The van der Waals surface area contributed by atoms with Crippen LogP contribution in [-0.4, -0.2) is 20.4 Å². The maximum Gasteiger partial charge on any atom is 0.146 e. The highest BCUT2D eigenvalue weighted by Crippen LogP contribution is 2.35. The summed E-state index contributed by atoms with van der Waals surface area (Å²) in [5, 5.41) is 15.9. The summed E-state index contributed by atoms with van der Waals surface area (Å²) < 4.78 is 0. The predicted molar refractivity (Wildman–Crippen MR) is 64.1 cm³/mol. The quantitative estimate of drug-likeness (QED) is 0.671. The van der Waals surface area contributed by atoms with Crippen molar-refractivity contribution in [3.05, 3.63) is 24.2 Å². The van der Waals surface area contributed by atoms with E-state index in [-0.39, 0.29) is 0 Å². The second-order valence-electron chi connectivity index (χ2n) is 3.54. The van der Waals surface area contributed by atoms with Gasteiger partial charge >= 0.3 is 0 Å². The number of nitrogens with two attached hydrogens (primary N) is 1. The van der Waals surface area contributed by atoms with Crippen LogP contribution in [0.4, 0.5) is 5.69 Å². The molecular formula is C10H9N5S. The van der Waals surface area contributed by atoms with E-state index in [2.05, 4.69) is 26.5 Å². The van der Waals surface area contributed by atoms with Crippen LogP contribution in [0.1, 0.15) is 5.69 Å². The molecule has 0 saturated heterocycles. The van der Waals surface area contributed by atoms with E-state index in [1.807, 2.05) is 6.92 Å². The topological polar surface area (TPSA) is 80.5 Å². The smallest absolute Gasteiger partial charge is 0.146 e. The molecular weight excluding hydrogens is 222 g/mol. The predicted octanol–water partition coefficient (Wildman–Crippen LogP) is 1.97. The molecule has 16 heavy (non-hydrogen) atoms. The Morgan fingerprint density at radius 1 is 1.31 bits per heavy atom. The first-order valence-electron chi connectivity index (χ1n) is 4.77. The van der Waals surface area contributed by atoms with Gasteiger partial charge in [-0.1, -0.05) is 0 Å². The number of H-pyrrole nitrogens is 1. The zero-order chi connectivity index (χ0) is 11.1. The first kappa shape index (κ1) is 9.29. The van der Waals surface area contributed by atoms with Gasteiger partial charge in [-0.2, -0.15) is 15.3 Å². The van der Waals surface area contributed by atoms with Gasteiger partial charge in [0, 0.05) is 21.5 Å². The Kier molecular flexibility index (Phi) is 1.90. The van der Waals surface area contributed by atoms with Crippen molar-refractivity contribution < 1.29 is 0 Å². The largest absolute Gasteiger partial charge is 0.397 e. The Morgan fingerprint density at radius 2 is 2.12 bits per heavy atom. The number of aromatic nitrogens is 4. The van der Waals surface area contributed by atoms with Crippen LogP contribution >= 0.6 is 11.3 Å². The van der Waals surface area contributed by atoms with Gasteiger partial charge in [0.05, 0.1) is 18.1 Å². The molecule has 5 nitrogen and oxygen atoms in total. The lowest BCUT2D eigenvalue weighted by Gasteiger charge is -1.99. The number of thiophene rings is 1. The lowest BCUT2D eigenvalue weighted by atomic mass is 10.2. The van der Waals surface area contributed by atoms with Crippen LogP contribution in [0.5, 0.6) is 0 Å². The number of nitrogens with zero attached hydrogens (tertiary/aromatic N) is 3. The molecule has 0 fully saturated rings. The number of aryl methyl sites for hydroxylation is 1.